The van der Waals surface area contributed by atoms with Gasteiger partial charge < -0.3 is 5.32 Å². The molecule has 2 aromatic rings. The van der Waals surface area contributed by atoms with Crippen molar-refractivity contribution in [1.82, 2.24) is 15.1 Å². The topological polar surface area (TPSA) is 29.9 Å². The van der Waals surface area contributed by atoms with Gasteiger partial charge >= 0.3 is 0 Å². The summed E-state index contributed by atoms with van der Waals surface area (Å²) < 4.78 is 15.7. The van der Waals surface area contributed by atoms with Crippen molar-refractivity contribution in [2.24, 2.45) is 0 Å². The Bertz CT molecular complexity index is 556. The van der Waals surface area contributed by atoms with E-state index in [2.05, 4.69) is 24.3 Å². The van der Waals surface area contributed by atoms with Gasteiger partial charge in [0, 0.05) is 23.4 Å². The molecule has 0 aliphatic heterocycles. The van der Waals surface area contributed by atoms with Gasteiger partial charge in [0.15, 0.2) is 0 Å². The summed E-state index contributed by atoms with van der Waals surface area (Å²) in [5, 5.41) is 7.86. The molecule has 0 aliphatic rings. The molecular formula is C16H22FN3S. The predicted molar refractivity (Wildman–Crippen MR) is 86.1 cm³/mol. The van der Waals surface area contributed by atoms with E-state index < -0.39 is 0 Å². The van der Waals surface area contributed by atoms with Gasteiger partial charge in [-0.15, -0.1) is 11.8 Å². The van der Waals surface area contributed by atoms with Crippen LogP contribution in [0, 0.1) is 5.82 Å². The van der Waals surface area contributed by atoms with E-state index in [0.29, 0.717) is 4.90 Å². The first-order chi connectivity index (χ1) is 10.3. The second-order valence-corrected chi connectivity index (χ2v) is 5.88. The zero-order valence-electron chi connectivity index (χ0n) is 12.6. The van der Waals surface area contributed by atoms with Crippen LogP contribution < -0.4 is 5.32 Å². The minimum Gasteiger partial charge on any atom is -0.308 e. The van der Waals surface area contributed by atoms with E-state index >= 15 is 0 Å². The Kier molecular flexibility index (Phi) is 6.26. The number of benzene rings is 1. The molecule has 1 aromatic heterocycles. The number of nitrogens with one attached hydrogen (secondary N) is 1. The lowest BCUT2D eigenvalue weighted by Crippen LogP contribution is -2.26. The van der Waals surface area contributed by atoms with Crippen LogP contribution in [0.15, 0.2) is 41.4 Å². The van der Waals surface area contributed by atoms with E-state index in [-0.39, 0.29) is 11.9 Å². The normalized spacial score (nSPS) is 12.5. The van der Waals surface area contributed by atoms with Crippen LogP contribution in [0.5, 0.6) is 0 Å². The number of hydrogen-bond donors (Lipinski definition) is 1. The number of aryl methyl sites for hydroxylation is 1. The summed E-state index contributed by atoms with van der Waals surface area (Å²) in [7, 11) is 0. The number of halogens is 1. The highest BCUT2D eigenvalue weighted by Gasteiger charge is 2.16. The molecule has 0 radical (unpaired) electrons. The highest BCUT2D eigenvalue weighted by atomic mass is 32.2. The van der Waals surface area contributed by atoms with Gasteiger partial charge in [-0.25, -0.2) is 4.39 Å². The first kappa shape index (κ1) is 16.0. The Balaban J connectivity index is 2.08. The van der Waals surface area contributed by atoms with Gasteiger partial charge in [-0.05, 0) is 38.1 Å². The Labute approximate surface area is 129 Å². The minimum absolute atomic E-state index is 0.152. The standard InChI is InChI=1S/C16H22FN3S/c1-3-10-18-14(15-9-11-19-20(15)4-2)12-21-16-8-6-5-7-13(16)17/h5-9,11,14,18H,3-4,10,12H2,1-2H3. The van der Waals surface area contributed by atoms with Crippen molar-refractivity contribution >= 4 is 11.8 Å². The van der Waals surface area contributed by atoms with Gasteiger partial charge in [0.05, 0.1) is 11.7 Å². The molecule has 3 nitrogen and oxygen atoms in total. The van der Waals surface area contributed by atoms with Gasteiger partial charge in [-0.3, -0.25) is 4.68 Å². The van der Waals surface area contributed by atoms with Gasteiger partial charge in [0.1, 0.15) is 5.82 Å². The number of thioether (sulfide) groups is 1. The minimum atomic E-state index is -0.152. The van der Waals surface area contributed by atoms with Crippen LogP contribution in [0.1, 0.15) is 32.0 Å². The third-order valence-corrected chi connectivity index (χ3v) is 4.43. The van der Waals surface area contributed by atoms with E-state index in [4.69, 9.17) is 0 Å². The fourth-order valence-corrected chi connectivity index (χ4v) is 3.22. The summed E-state index contributed by atoms with van der Waals surface area (Å²) in [6.07, 6.45) is 2.90. The smallest absolute Gasteiger partial charge is 0.136 e. The molecule has 0 saturated heterocycles. The van der Waals surface area contributed by atoms with E-state index in [1.807, 2.05) is 29.1 Å². The van der Waals surface area contributed by atoms with E-state index in [1.54, 1.807) is 17.8 Å². The number of hydrogen-bond acceptors (Lipinski definition) is 3. The van der Waals surface area contributed by atoms with Crippen molar-refractivity contribution in [3.63, 3.8) is 0 Å². The van der Waals surface area contributed by atoms with E-state index in [9.17, 15) is 4.39 Å². The maximum absolute atomic E-state index is 13.7. The van der Waals surface area contributed by atoms with Crippen LogP contribution >= 0.6 is 11.8 Å². The third kappa shape index (κ3) is 4.32. The van der Waals surface area contributed by atoms with Crippen LogP contribution in [0.4, 0.5) is 4.39 Å². The molecule has 0 amide bonds. The van der Waals surface area contributed by atoms with Crippen molar-refractivity contribution < 1.29 is 4.39 Å². The Hall–Kier alpha value is -1.33. The van der Waals surface area contributed by atoms with Crippen molar-refractivity contribution in [3.05, 3.63) is 48.0 Å². The quantitative estimate of drug-likeness (QED) is 0.751. The largest absolute Gasteiger partial charge is 0.308 e. The van der Waals surface area contributed by atoms with Crippen LogP contribution in [0.25, 0.3) is 0 Å². The highest BCUT2D eigenvalue weighted by Crippen LogP contribution is 2.26. The average Bonchev–Trinajstić information content (AvgIpc) is 2.97. The van der Waals surface area contributed by atoms with Crippen LogP contribution in [0.3, 0.4) is 0 Å². The molecule has 1 aromatic carbocycles. The molecule has 1 N–H and O–H groups in total. The summed E-state index contributed by atoms with van der Waals surface area (Å²) >= 11 is 1.54. The number of nitrogens with zero attached hydrogens (tertiary/aromatic N) is 2. The zero-order chi connectivity index (χ0) is 15.1. The Morgan fingerprint density at radius 1 is 1.29 bits per heavy atom. The van der Waals surface area contributed by atoms with E-state index in [0.717, 1.165) is 31.0 Å². The van der Waals surface area contributed by atoms with Crippen molar-refractivity contribution in [1.29, 1.82) is 0 Å². The fraction of sp³-hybridized carbons (Fsp3) is 0.438. The van der Waals surface area contributed by atoms with Crippen molar-refractivity contribution in [3.8, 4) is 0 Å². The SMILES string of the molecule is CCCNC(CSc1ccccc1F)c1ccnn1CC. The molecule has 21 heavy (non-hydrogen) atoms. The molecule has 0 fully saturated rings. The maximum Gasteiger partial charge on any atom is 0.136 e. The van der Waals surface area contributed by atoms with Crippen LogP contribution in [0.2, 0.25) is 0 Å². The van der Waals surface area contributed by atoms with E-state index in [1.165, 1.54) is 6.07 Å². The molecule has 0 spiro atoms. The fourth-order valence-electron chi connectivity index (χ4n) is 2.21. The molecule has 1 atom stereocenters. The summed E-state index contributed by atoms with van der Waals surface area (Å²) in [5.74, 6) is 0.632. The summed E-state index contributed by atoms with van der Waals surface area (Å²) in [6, 6.07) is 9.14. The molecule has 5 heteroatoms. The molecule has 2 rings (SSSR count). The van der Waals surface area contributed by atoms with Gasteiger partial charge in [0.25, 0.3) is 0 Å². The first-order valence-corrected chi connectivity index (χ1v) is 8.37. The average molecular weight is 307 g/mol. The second kappa shape index (κ2) is 8.20. The Morgan fingerprint density at radius 2 is 2.10 bits per heavy atom. The number of rotatable bonds is 8. The Morgan fingerprint density at radius 3 is 2.81 bits per heavy atom. The van der Waals surface area contributed by atoms with Crippen LogP contribution in [-0.2, 0) is 6.54 Å². The second-order valence-electron chi connectivity index (χ2n) is 4.82. The summed E-state index contributed by atoms with van der Waals surface area (Å²) in [5.41, 5.74) is 1.16. The van der Waals surface area contributed by atoms with Gasteiger partial charge in [-0.2, -0.15) is 5.10 Å². The van der Waals surface area contributed by atoms with Gasteiger partial charge in [0.2, 0.25) is 0 Å². The monoisotopic (exact) mass is 307 g/mol. The lowest BCUT2D eigenvalue weighted by Gasteiger charge is -2.19. The lowest BCUT2D eigenvalue weighted by atomic mass is 10.2. The maximum atomic E-state index is 13.7. The van der Waals surface area contributed by atoms with Crippen molar-refractivity contribution in [2.45, 2.75) is 37.8 Å². The highest BCUT2D eigenvalue weighted by molar-refractivity contribution is 7.99. The first-order valence-electron chi connectivity index (χ1n) is 7.38. The molecular weight excluding hydrogens is 285 g/mol. The zero-order valence-corrected chi connectivity index (χ0v) is 13.4. The summed E-state index contributed by atoms with van der Waals surface area (Å²) in [4.78, 5) is 0.698. The van der Waals surface area contributed by atoms with Crippen molar-refractivity contribution in [2.75, 3.05) is 12.3 Å². The van der Waals surface area contributed by atoms with Crippen LogP contribution in [-0.4, -0.2) is 22.1 Å². The number of aromatic nitrogens is 2. The molecule has 0 saturated carbocycles. The molecule has 1 unspecified atom stereocenters. The lowest BCUT2D eigenvalue weighted by molar-refractivity contribution is 0.514. The molecule has 1 heterocycles. The summed E-state index contributed by atoms with van der Waals surface area (Å²) in [6.45, 7) is 6.01. The predicted octanol–water partition coefficient (Wildman–Crippen LogP) is 3.88. The molecule has 114 valence electrons. The third-order valence-electron chi connectivity index (χ3n) is 3.29. The molecule has 0 bridgehead atoms. The van der Waals surface area contributed by atoms with Gasteiger partial charge in [-0.1, -0.05) is 19.1 Å². The molecule has 0 aliphatic carbocycles.